The topological polar surface area (TPSA) is 47.0 Å². The summed E-state index contributed by atoms with van der Waals surface area (Å²) in [7, 11) is 3.25. The monoisotopic (exact) mass is 261 g/mol. The van der Waals surface area contributed by atoms with Crippen molar-refractivity contribution >= 4 is 0 Å². The lowest BCUT2D eigenvalue weighted by Gasteiger charge is -2.16. The van der Waals surface area contributed by atoms with Crippen LogP contribution in [0.5, 0.6) is 5.75 Å². The largest absolute Gasteiger partial charge is 0.497 e. The summed E-state index contributed by atoms with van der Waals surface area (Å²) < 4.78 is 19.1. The number of methoxy groups -OCH3 is 1. The van der Waals surface area contributed by atoms with Crippen LogP contribution < -0.4 is 10.1 Å². The van der Waals surface area contributed by atoms with Crippen LogP contribution in [0.3, 0.4) is 0 Å². The molecule has 0 aliphatic heterocycles. The first kappa shape index (κ1) is 13.4. The van der Waals surface area contributed by atoms with Crippen LogP contribution in [0.2, 0.25) is 0 Å². The Hall–Kier alpha value is -2.01. The summed E-state index contributed by atoms with van der Waals surface area (Å²) in [5.41, 5.74) is 1.46. The SMILES string of the molecule is CNC(c1ncc(C)cn1)c1ccc(OC)cc1F. The number of rotatable bonds is 4. The van der Waals surface area contributed by atoms with Crippen molar-refractivity contribution in [2.24, 2.45) is 0 Å². The predicted molar refractivity (Wildman–Crippen MR) is 70.6 cm³/mol. The molecular weight excluding hydrogens is 245 g/mol. The average molecular weight is 261 g/mol. The van der Waals surface area contributed by atoms with Gasteiger partial charge in [-0.3, -0.25) is 0 Å². The summed E-state index contributed by atoms with van der Waals surface area (Å²) in [5.74, 6) is 0.681. The third-order valence-corrected chi connectivity index (χ3v) is 2.87. The molecule has 1 N–H and O–H groups in total. The second-order valence-corrected chi connectivity index (χ2v) is 4.23. The Morgan fingerprint density at radius 1 is 1.26 bits per heavy atom. The van der Waals surface area contributed by atoms with E-state index in [1.807, 2.05) is 6.92 Å². The predicted octanol–water partition coefficient (Wildman–Crippen LogP) is 2.24. The molecule has 0 radical (unpaired) electrons. The maximum Gasteiger partial charge on any atom is 0.149 e. The quantitative estimate of drug-likeness (QED) is 0.917. The van der Waals surface area contributed by atoms with Gasteiger partial charge in [-0.1, -0.05) is 6.07 Å². The van der Waals surface area contributed by atoms with E-state index >= 15 is 0 Å². The van der Waals surface area contributed by atoms with Crippen molar-refractivity contribution in [3.05, 3.63) is 53.4 Å². The molecule has 0 saturated carbocycles. The molecule has 0 aliphatic rings. The molecule has 2 aromatic rings. The summed E-state index contributed by atoms with van der Waals surface area (Å²) in [5, 5.41) is 3.03. The van der Waals surface area contributed by atoms with Crippen LogP contribution in [0.25, 0.3) is 0 Å². The van der Waals surface area contributed by atoms with Crippen LogP contribution in [0.1, 0.15) is 23.0 Å². The van der Waals surface area contributed by atoms with Gasteiger partial charge < -0.3 is 10.1 Å². The molecular formula is C14H16FN3O. The van der Waals surface area contributed by atoms with Crippen molar-refractivity contribution in [2.45, 2.75) is 13.0 Å². The van der Waals surface area contributed by atoms with Gasteiger partial charge >= 0.3 is 0 Å². The average Bonchev–Trinajstić information content (AvgIpc) is 2.43. The maximum atomic E-state index is 14.1. The van der Waals surface area contributed by atoms with Crippen LogP contribution in [-0.2, 0) is 0 Å². The molecule has 0 spiro atoms. The summed E-state index contributed by atoms with van der Waals surface area (Å²) in [6, 6.07) is 4.37. The van der Waals surface area contributed by atoms with Crippen molar-refractivity contribution in [1.82, 2.24) is 15.3 Å². The first-order valence-corrected chi connectivity index (χ1v) is 5.95. The van der Waals surface area contributed by atoms with Crippen LogP contribution >= 0.6 is 0 Å². The molecule has 0 fully saturated rings. The Labute approximate surface area is 111 Å². The van der Waals surface area contributed by atoms with Gasteiger partial charge in [0.05, 0.1) is 13.2 Å². The van der Waals surface area contributed by atoms with Crippen molar-refractivity contribution in [3.8, 4) is 5.75 Å². The first-order chi connectivity index (χ1) is 9.15. The molecule has 0 amide bonds. The van der Waals surface area contributed by atoms with Crippen LogP contribution in [0.15, 0.2) is 30.6 Å². The normalized spacial score (nSPS) is 12.2. The fraction of sp³-hybridized carbons (Fsp3) is 0.286. The van der Waals surface area contributed by atoms with Crippen molar-refractivity contribution in [3.63, 3.8) is 0 Å². The Morgan fingerprint density at radius 3 is 2.47 bits per heavy atom. The number of halogens is 1. The van der Waals surface area contributed by atoms with E-state index in [-0.39, 0.29) is 11.9 Å². The molecule has 1 aromatic carbocycles. The second kappa shape index (κ2) is 5.75. The van der Waals surface area contributed by atoms with E-state index in [0.717, 1.165) is 5.56 Å². The molecule has 5 heteroatoms. The molecule has 19 heavy (non-hydrogen) atoms. The molecule has 0 saturated heterocycles. The van der Waals surface area contributed by atoms with Crippen LogP contribution in [-0.4, -0.2) is 24.1 Å². The number of hydrogen-bond acceptors (Lipinski definition) is 4. The summed E-state index contributed by atoms with van der Waals surface area (Å²) in [6.45, 7) is 1.91. The van der Waals surface area contributed by atoms with Gasteiger partial charge in [0.25, 0.3) is 0 Å². The lowest BCUT2D eigenvalue weighted by molar-refractivity contribution is 0.410. The zero-order valence-corrected chi connectivity index (χ0v) is 11.1. The highest BCUT2D eigenvalue weighted by atomic mass is 19.1. The summed E-state index contributed by atoms with van der Waals surface area (Å²) in [4.78, 5) is 8.48. The Bertz CT molecular complexity index is 557. The molecule has 0 bridgehead atoms. The molecule has 1 aromatic heterocycles. The molecule has 100 valence electrons. The maximum absolute atomic E-state index is 14.1. The number of benzene rings is 1. The first-order valence-electron chi connectivity index (χ1n) is 5.95. The highest BCUT2D eigenvalue weighted by Gasteiger charge is 2.19. The zero-order chi connectivity index (χ0) is 13.8. The van der Waals surface area contributed by atoms with E-state index in [0.29, 0.717) is 17.1 Å². The lowest BCUT2D eigenvalue weighted by atomic mass is 10.1. The third kappa shape index (κ3) is 2.88. The highest BCUT2D eigenvalue weighted by Crippen LogP contribution is 2.24. The Morgan fingerprint density at radius 2 is 1.95 bits per heavy atom. The van der Waals surface area contributed by atoms with Gasteiger partial charge in [0, 0.05) is 24.0 Å². The van der Waals surface area contributed by atoms with Gasteiger partial charge in [-0.05, 0) is 25.6 Å². The van der Waals surface area contributed by atoms with E-state index < -0.39 is 0 Å². The minimum absolute atomic E-state index is 0.345. The number of nitrogens with one attached hydrogen (secondary N) is 1. The Kier molecular flexibility index (Phi) is 4.06. The summed E-state index contributed by atoms with van der Waals surface area (Å²) in [6.07, 6.45) is 3.43. The van der Waals surface area contributed by atoms with E-state index in [1.165, 1.54) is 13.2 Å². The molecule has 1 unspecified atom stereocenters. The minimum atomic E-state index is -0.383. The van der Waals surface area contributed by atoms with Gasteiger partial charge in [0.1, 0.15) is 17.4 Å². The van der Waals surface area contributed by atoms with E-state index in [1.54, 1.807) is 31.6 Å². The van der Waals surface area contributed by atoms with Crippen LogP contribution in [0.4, 0.5) is 4.39 Å². The van der Waals surface area contributed by atoms with E-state index in [4.69, 9.17) is 4.74 Å². The van der Waals surface area contributed by atoms with Gasteiger partial charge in [-0.15, -0.1) is 0 Å². The number of ether oxygens (including phenoxy) is 1. The zero-order valence-electron chi connectivity index (χ0n) is 11.1. The number of hydrogen-bond donors (Lipinski definition) is 1. The van der Waals surface area contributed by atoms with Gasteiger partial charge in [-0.25, -0.2) is 14.4 Å². The van der Waals surface area contributed by atoms with Crippen molar-refractivity contribution in [2.75, 3.05) is 14.2 Å². The second-order valence-electron chi connectivity index (χ2n) is 4.23. The fourth-order valence-electron chi connectivity index (χ4n) is 1.84. The fourth-order valence-corrected chi connectivity index (χ4v) is 1.84. The van der Waals surface area contributed by atoms with Crippen LogP contribution in [0, 0.1) is 12.7 Å². The number of aryl methyl sites for hydroxylation is 1. The highest BCUT2D eigenvalue weighted by molar-refractivity contribution is 5.33. The van der Waals surface area contributed by atoms with Crippen molar-refractivity contribution < 1.29 is 9.13 Å². The molecule has 1 heterocycles. The number of aromatic nitrogens is 2. The van der Waals surface area contributed by atoms with Gasteiger partial charge in [0.2, 0.25) is 0 Å². The van der Waals surface area contributed by atoms with Gasteiger partial charge in [-0.2, -0.15) is 0 Å². The van der Waals surface area contributed by atoms with Crippen molar-refractivity contribution in [1.29, 1.82) is 0 Å². The van der Waals surface area contributed by atoms with Gasteiger partial charge in [0.15, 0.2) is 0 Å². The number of nitrogens with zero attached hydrogens (tertiary/aromatic N) is 2. The van der Waals surface area contributed by atoms with E-state index in [9.17, 15) is 4.39 Å². The molecule has 2 rings (SSSR count). The Balaban J connectivity index is 2.39. The summed E-state index contributed by atoms with van der Waals surface area (Å²) >= 11 is 0. The smallest absolute Gasteiger partial charge is 0.149 e. The molecule has 4 nitrogen and oxygen atoms in total. The molecule has 0 aliphatic carbocycles. The third-order valence-electron chi connectivity index (χ3n) is 2.87. The standard InChI is InChI=1S/C14H16FN3O/c1-9-7-17-14(18-8-9)13(16-2)11-5-4-10(19-3)6-12(11)15/h4-8,13,16H,1-3H3. The van der Waals surface area contributed by atoms with E-state index in [2.05, 4.69) is 15.3 Å². The minimum Gasteiger partial charge on any atom is -0.497 e. The lowest BCUT2D eigenvalue weighted by Crippen LogP contribution is -2.21. The molecule has 1 atom stereocenters.